The Labute approximate surface area is 103 Å². The zero-order valence-corrected chi connectivity index (χ0v) is 10.5. The second-order valence-electron chi connectivity index (χ2n) is 4.75. The van der Waals surface area contributed by atoms with Crippen molar-refractivity contribution in [2.45, 2.75) is 32.2 Å². The van der Waals surface area contributed by atoms with Gasteiger partial charge in [-0.25, -0.2) is 0 Å². The molecule has 1 heterocycles. The highest BCUT2D eigenvalue weighted by molar-refractivity contribution is 5.39. The predicted octanol–water partition coefficient (Wildman–Crippen LogP) is 2.00. The zero-order chi connectivity index (χ0) is 12.3. The Morgan fingerprint density at radius 1 is 1.41 bits per heavy atom. The van der Waals surface area contributed by atoms with Gasteiger partial charge in [0.2, 0.25) is 0 Å². The van der Waals surface area contributed by atoms with Crippen molar-refractivity contribution in [2.24, 2.45) is 17.4 Å². The summed E-state index contributed by atoms with van der Waals surface area (Å²) in [6.45, 7) is 3.61. The van der Waals surface area contributed by atoms with Crippen molar-refractivity contribution in [2.75, 3.05) is 13.2 Å². The van der Waals surface area contributed by atoms with E-state index in [0.29, 0.717) is 12.5 Å². The molecule has 0 saturated carbocycles. The lowest BCUT2D eigenvalue weighted by Crippen LogP contribution is -2.27. The van der Waals surface area contributed by atoms with E-state index in [9.17, 15) is 0 Å². The van der Waals surface area contributed by atoms with Crippen LogP contribution in [-0.4, -0.2) is 13.2 Å². The molecule has 0 aromatic heterocycles. The van der Waals surface area contributed by atoms with Gasteiger partial charge in [0.15, 0.2) is 0 Å². The Morgan fingerprint density at radius 2 is 2.24 bits per heavy atom. The summed E-state index contributed by atoms with van der Waals surface area (Å²) in [7, 11) is 0. The van der Waals surface area contributed by atoms with Crippen LogP contribution in [0, 0.1) is 5.92 Å². The topological polar surface area (TPSA) is 61.3 Å². The second-order valence-corrected chi connectivity index (χ2v) is 4.75. The lowest BCUT2D eigenvalue weighted by molar-refractivity contribution is 0.288. The zero-order valence-electron chi connectivity index (χ0n) is 10.5. The van der Waals surface area contributed by atoms with Crippen LogP contribution in [0.1, 0.15) is 36.9 Å². The Morgan fingerprint density at radius 3 is 2.94 bits per heavy atom. The lowest BCUT2D eigenvalue weighted by atomic mass is 9.90. The van der Waals surface area contributed by atoms with E-state index in [2.05, 4.69) is 19.1 Å². The largest absolute Gasteiger partial charge is 0.493 e. The van der Waals surface area contributed by atoms with E-state index in [1.807, 2.05) is 6.07 Å². The molecule has 0 bridgehead atoms. The number of aryl methyl sites for hydroxylation is 1. The van der Waals surface area contributed by atoms with Crippen molar-refractivity contribution in [3.8, 4) is 5.75 Å². The van der Waals surface area contributed by atoms with Gasteiger partial charge in [0, 0.05) is 6.04 Å². The number of hydrogen-bond acceptors (Lipinski definition) is 3. The van der Waals surface area contributed by atoms with Crippen molar-refractivity contribution in [3.05, 3.63) is 29.3 Å². The SMILES string of the molecule is CCC(CN)C(N)c1ccc2c(c1)CCCO2. The summed E-state index contributed by atoms with van der Waals surface area (Å²) in [4.78, 5) is 0. The maximum atomic E-state index is 6.27. The van der Waals surface area contributed by atoms with Crippen molar-refractivity contribution >= 4 is 0 Å². The number of ether oxygens (including phenoxy) is 1. The predicted molar refractivity (Wildman–Crippen MR) is 70.0 cm³/mol. The molecule has 0 saturated heterocycles. The molecule has 4 N–H and O–H groups in total. The van der Waals surface area contributed by atoms with Gasteiger partial charge in [-0.3, -0.25) is 0 Å². The van der Waals surface area contributed by atoms with Gasteiger partial charge < -0.3 is 16.2 Å². The maximum Gasteiger partial charge on any atom is 0.122 e. The van der Waals surface area contributed by atoms with E-state index in [-0.39, 0.29) is 6.04 Å². The quantitative estimate of drug-likeness (QED) is 0.837. The number of fused-ring (bicyclic) bond motifs is 1. The van der Waals surface area contributed by atoms with Crippen LogP contribution >= 0.6 is 0 Å². The summed E-state index contributed by atoms with van der Waals surface area (Å²) in [5, 5.41) is 0. The summed E-state index contributed by atoms with van der Waals surface area (Å²) < 4.78 is 5.61. The average Bonchev–Trinajstić information content (AvgIpc) is 2.39. The van der Waals surface area contributed by atoms with E-state index in [4.69, 9.17) is 16.2 Å². The Balaban J connectivity index is 2.21. The molecular formula is C14H22N2O. The van der Waals surface area contributed by atoms with Gasteiger partial charge in [0.25, 0.3) is 0 Å². The van der Waals surface area contributed by atoms with Crippen LogP contribution in [-0.2, 0) is 6.42 Å². The molecule has 1 aromatic carbocycles. The molecule has 3 nitrogen and oxygen atoms in total. The molecule has 0 amide bonds. The Kier molecular flexibility index (Phi) is 4.02. The minimum Gasteiger partial charge on any atom is -0.493 e. The lowest BCUT2D eigenvalue weighted by Gasteiger charge is -2.24. The fourth-order valence-corrected chi connectivity index (χ4v) is 2.43. The van der Waals surface area contributed by atoms with E-state index < -0.39 is 0 Å². The van der Waals surface area contributed by atoms with Gasteiger partial charge in [-0.1, -0.05) is 25.5 Å². The molecule has 0 spiro atoms. The third-order valence-electron chi connectivity index (χ3n) is 3.65. The van der Waals surface area contributed by atoms with Gasteiger partial charge in [0.05, 0.1) is 6.61 Å². The summed E-state index contributed by atoms with van der Waals surface area (Å²) in [6.07, 6.45) is 3.21. The summed E-state index contributed by atoms with van der Waals surface area (Å²) in [5.74, 6) is 1.38. The molecule has 3 heteroatoms. The molecule has 1 aliphatic heterocycles. The molecule has 94 valence electrons. The smallest absolute Gasteiger partial charge is 0.122 e. The highest BCUT2D eigenvalue weighted by atomic mass is 16.5. The monoisotopic (exact) mass is 234 g/mol. The van der Waals surface area contributed by atoms with Gasteiger partial charge in [-0.15, -0.1) is 0 Å². The first-order valence-corrected chi connectivity index (χ1v) is 6.47. The summed E-state index contributed by atoms with van der Waals surface area (Å²) in [5.41, 5.74) is 14.5. The Hall–Kier alpha value is -1.06. The van der Waals surface area contributed by atoms with Crippen LogP contribution in [0.4, 0.5) is 0 Å². The van der Waals surface area contributed by atoms with Gasteiger partial charge in [-0.05, 0) is 42.5 Å². The summed E-state index contributed by atoms with van der Waals surface area (Å²) in [6, 6.07) is 6.36. The molecule has 2 unspecified atom stereocenters. The van der Waals surface area contributed by atoms with Gasteiger partial charge in [0.1, 0.15) is 5.75 Å². The van der Waals surface area contributed by atoms with Gasteiger partial charge in [-0.2, -0.15) is 0 Å². The van der Waals surface area contributed by atoms with E-state index in [1.54, 1.807) is 0 Å². The minimum absolute atomic E-state index is 0.0391. The molecule has 0 aliphatic carbocycles. The second kappa shape index (κ2) is 5.52. The van der Waals surface area contributed by atoms with Crippen LogP contribution in [0.25, 0.3) is 0 Å². The standard InChI is InChI=1S/C14H22N2O/c1-2-10(9-15)14(16)12-5-6-13-11(8-12)4-3-7-17-13/h5-6,8,10,14H,2-4,7,9,15-16H2,1H3. The van der Waals surface area contributed by atoms with Crippen molar-refractivity contribution < 1.29 is 4.74 Å². The van der Waals surface area contributed by atoms with Crippen LogP contribution < -0.4 is 16.2 Å². The van der Waals surface area contributed by atoms with E-state index >= 15 is 0 Å². The fourth-order valence-electron chi connectivity index (χ4n) is 2.43. The van der Waals surface area contributed by atoms with Crippen LogP contribution in [0.3, 0.4) is 0 Å². The van der Waals surface area contributed by atoms with Crippen molar-refractivity contribution in [3.63, 3.8) is 0 Å². The van der Waals surface area contributed by atoms with Gasteiger partial charge >= 0.3 is 0 Å². The molecule has 0 radical (unpaired) electrons. The molecular weight excluding hydrogens is 212 g/mol. The molecule has 0 fully saturated rings. The highest BCUT2D eigenvalue weighted by Crippen LogP contribution is 2.29. The molecule has 2 atom stereocenters. The summed E-state index contributed by atoms with van der Waals surface area (Å²) >= 11 is 0. The van der Waals surface area contributed by atoms with E-state index in [0.717, 1.165) is 31.6 Å². The van der Waals surface area contributed by atoms with Crippen LogP contribution in [0.2, 0.25) is 0 Å². The number of benzene rings is 1. The maximum absolute atomic E-state index is 6.27. The van der Waals surface area contributed by atoms with Crippen LogP contribution in [0.5, 0.6) is 5.75 Å². The number of nitrogens with two attached hydrogens (primary N) is 2. The normalized spacial score (nSPS) is 18.1. The third-order valence-corrected chi connectivity index (χ3v) is 3.65. The first-order valence-electron chi connectivity index (χ1n) is 6.47. The molecule has 1 aliphatic rings. The number of hydrogen-bond donors (Lipinski definition) is 2. The van der Waals surface area contributed by atoms with Crippen molar-refractivity contribution in [1.82, 2.24) is 0 Å². The van der Waals surface area contributed by atoms with Crippen LogP contribution in [0.15, 0.2) is 18.2 Å². The fraction of sp³-hybridized carbons (Fsp3) is 0.571. The first kappa shape index (κ1) is 12.4. The molecule has 1 aromatic rings. The highest BCUT2D eigenvalue weighted by Gasteiger charge is 2.18. The average molecular weight is 234 g/mol. The number of rotatable bonds is 4. The molecule has 17 heavy (non-hydrogen) atoms. The first-order chi connectivity index (χ1) is 8.26. The molecule has 2 rings (SSSR count). The van der Waals surface area contributed by atoms with Crippen molar-refractivity contribution in [1.29, 1.82) is 0 Å². The third kappa shape index (κ3) is 2.61. The minimum atomic E-state index is 0.0391. The van der Waals surface area contributed by atoms with E-state index in [1.165, 1.54) is 11.1 Å². The Bertz CT molecular complexity index is 374.